The summed E-state index contributed by atoms with van der Waals surface area (Å²) < 4.78 is 2.29. The number of hydrogen-bond donors (Lipinski definition) is 2. The van der Waals surface area contributed by atoms with Crippen molar-refractivity contribution >= 4 is 16.8 Å². The minimum atomic E-state index is 0.396. The highest BCUT2D eigenvalue weighted by Gasteiger charge is 2.36. The van der Waals surface area contributed by atoms with Crippen LogP contribution in [0.25, 0.3) is 16.8 Å². The molecule has 6 heteroatoms. The summed E-state index contributed by atoms with van der Waals surface area (Å²) in [7, 11) is 0. The molecule has 1 saturated carbocycles. The van der Waals surface area contributed by atoms with Crippen molar-refractivity contribution in [1.29, 1.82) is 0 Å². The standard InChI is InChI=1S/C18H24N6/c1-11-4-12(8-23-9-13(19)10-23)5-14(11)16-6-21-17-7-22-18-15(24(16)17)2-3-20-18/h2-3,6-7,11-14,20H,4-5,8-10,19H2,1H3/t11-,12-,14?/m1/s1. The van der Waals surface area contributed by atoms with Gasteiger partial charge in [0.05, 0.1) is 11.7 Å². The van der Waals surface area contributed by atoms with Crippen molar-refractivity contribution in [2.75, 3.05) is 19.6 Å². The minimum absolute atomic E-state index is 0.396. The van der Waals surface area contributed by atoms with Gasteiger partial charge in [0.2, 0.25) is 0 Å². The van der Waals surface area contributed by atoms with E-state index < -0.39 is 0 Å². The van der Waals surface area contributed by atoms with Gasteiger partial charge in [-0.05, 0) is 30.7 Å². The van der Waals surface area contributed by atoms with E-state index in [1.807, 2.05) is 12.4 Å². The summed E-state index contributed by atoms with van der Waals surface area (Å²) in [6, 6.07) is 2.49. The second-order valence-corrected chi connectivity index (χ2v) is 7.75. The average molecular weight is 324 g/mol. The summed E-state index contributed by atoms with van der Waals surface area (Å²) in [4.78, 5) is 14.8. The highest BCUT2D eigenvalue weighted by Crippen LogP contribution is 2.43. The number of rotatable bonds is 3. The molecule has 1 aliphatic carbocycles. The van der Waals surface area contributed by atoms with E-state index in [0.29, 0.717) is 17.9 Å². The number of likely N-dealkylation sites (tertiary alicyclic amines) is 1. The number of nitrogens with zero attached hydrogens (tertiary/aromatic N) is 4. The normalized spacial score (nSPS) is 28.8. The molecule has 2 aliphatic rings. The van der Waals surface area contributed by atoms with Crippen molar-refractivity contribution < 1.29 is 0 Å². The molecule has 4 heterocycles. The molecule has 1 unspecified atom stereocenters. The largest absolute Gasteiger partial charge is 0.345 e. The number of nitrogens with one attached hydrogen (secondary N) is 1. The van der Waals surface area contributed by atoms with Crippen LogP contribution in [0.4, 0.5) is 0 Å². The molecule has 0 bridgehead atoms. The van der Waals surface area contributed by atoms with Crippen LogP contribution in [0.5, 0.6) is 0 Å². The Labute approximate surface area is 141 Å². The predicted molar refractivity (Wildman–Crippen MR) is 93.9 cm³/mol. The molecule has 1 saturated heterocycles. The molecule has 3 N–H and O–H groups in total. The summed E-state index contributed by atoms with van der Waals surface area (Å²) in [5, 5.41) is 0. The zero-order valence-electron chi connectivity index (χ0n) is 14.0. The van der Waals surface area contributed by atoms with E-state index in [1.165, 1.54) is 25.1 Å². The van der Waals surface area contributed by atoms with Crippen molar-refractivity contribution in [3.05, 3.63) is 30.4 Å². The highest BCUT2D eigenvalue weighted by molar-refractivity contribution is 5.74. The topological polar surface area (TPSA) is 75.2 Å². The van der Waals surface area contributed by atoms with Crippen LogP contribution in [0, 0.1) is 11.8 Å². The molecule has 0 radical (unpaired) electrons. The zero-order chi connectivity index (χ0) is 16.3. The first-order chi connectivity index (χ1) is 11.7. The third kappa shape index (κ3) is 2.17. The number of hydrogen-bond acceptors (Lipinski definition) is 4. The number of H-pyrrole nitrogens is 1. The Morgan fingerprint density at radius 3 is 2.96 bits per heavy atom. The van der Waals surface area contributed by atoms with Crippen molar-refractivity contribution in [1.82, 2.24) is 24.3 Å². The van der Waals surface area contributed by atoms with Gasteiger partial charge < -0.3 is 10.7 Å². The van der Waals surface area contributed by atoms with Gasteiger partial charge in [-0.2, -0.15) is 0 Å². The van der Waals surface area contributed by atoms with E-state index >= 15 is 0 Å². The Morgan fingerprint density at radius 1 is 1.25 bits per heavy atom. The molecule has 0 spiro atoms. The third-order valence-electron chi connectivity index (χ3n) is 5.93. The molecule has 126 valence electrons. The molecule has 24 heavy (non-hydrogen) atoms. The van der Waals surface area contributed by atoms with E-state index in [2.05, 4.69) is 43.4 Å². The quantitative estimate of drug-likeness (QED) is 0.772. The first kappa shape index (κ1) is 14.4. The fraction of sp³-hybridized carbons (Fsp3) is 0.556. The number of fused-ring (bicyclic) bond motifs is 3. The van der Waals surface area contributed by atoms with Gasteiger partial charge in [-0.15, -0.1) is 0 Å². The van der Waals surface area contributed by atoms with Crippen molar-refractivity contribution in [3.8, 4) is 0 Å². The lowest BCUT2D eigenvalue weighted by Crippen LogP contribution is -2.56. The van der Waals surface area contributed by atoms with Crippen molar-refractivity contribution in [2.45, 2.75) is 31.7 Å². The molecular weight excluding hydrogens is 300 g/mol. The molecule has 0 aromatic carbocycles. The SMILES string of the molecule is C[C@@H]1C[C@@H](CN2CC(N)C2)CC1c1cnc2cnc3[nH]ccc3n12. The van der Waals surface area contributed by atoms with E-state index in [0.717, 1.165) is 35.8 Å². The summed E-state index contributed by atoms with van der Waals surface area (Å²) >= 11 is 0. The van der Waals surface area contributed by atoms with Crippen LogP contribution in [-0.4, -0.2) is 49.9 Å². The van der Waals surface area contributed by atoms with Gasteiger partial charge in [-0.3, -0.25) is 9.30 Å². The number of aromatic nitrogens is 4. The Morgan fingerprint density at radius 2 is 2.12 bits per heavy atom. The van der Waals surface area contributed by atoms with Crippen molar-refractivity contribution in [3.63, 3.8) is 0 Å². The van der Waals surface area contributed by atoms with Gasteiger partial charge in [0.15, 0.2) is 11.3 Å². The Bertz CT molecular complexity index is 874. The van der Waals surface area contributed by atoms with Crippen LogP contribution in [-0.2, 0) is 0 Å². The lowest BCUT2D eigenvalue weighted by atomic mass is 9.95. The highest BCUT2D eigenvalue weighted by atomic mass is 15.2. The molecular formula is C18H24N6. The monoisotopic (exact) mass is 324 g/mol. The van der Waals surface area contributed by atoms with Gasteiger partial charge in [-0.25, -0.2) is 9.97 Å². The second-order valence-electron chi connectivity index (χ2n) is 7.75. The van der Waals surface area contributed by atoms with Crippen LogP contribution in [0.3, 0.4) is 0 Å². The molecule has 2 fully saturated rings. The van der Waals surface area contributed by atoms with Gasteiger partial charge in [0.1, 0.15) is 0 Å². The van der Waals surface area contributed by atoms with E-state index in [4.69, 9.17) is 5.73 Å². The maximum Gasteiger partial charge on any atom is 0.156 e. The van der Waals surface area contributed by atoms with E-state index in [-0.39, 0.29) is 0 Å². The smallest absolute Gasteiger partial charge is 0.156 e. The van der Waals surface area contributed by atoms with E-state index in [9.17, 15) is 0 Å². The summed E-state index contributed by atoms with van der Waals surface area (Å²) in [5.41, 5.74) is 10.3. The maximum atomic E-state index is 5.92. The number of aromatic amines is 1. The van der Waals surface area contributed by atoms with Crippen LogP contribution in [0.1, 0.15) is 31.4 Å². The van der Waals surface area contributed by atoms with Gasteiger partial charge in [0.25, 0.3) is 0 Å². The molecule has 0 amide bonds. The molecule has 3 aromatic rings. The second kappa shape index (κ2) is 5.29. The third-order valence-corrected chi connectivity index (χ3v) is 5.93. The van der Waals surface area contributed by atoms with Crippen LogP contribution in [0.15, 0.2) is 24.7 Å². The Hall–Kier alpha value is -1.92. The van der Waals surface area contributed by atoms with Crippen LogP contribution in [0.2, 0.25) is 0 Å². The lowest BCUT2D eigenvalue weighted by molar-refractivity contribution is 0.126. The summed E-state index contributed by atoms with van der Waals surface area (Å²) in [6.45, 7) is 5.73. The van der Waals surface area contributed by atoms with Gasteiger partial charge >= 0.3 is 0 Å². The molecule has 6 nitrogen and oxygen atoms in total. The zero-order valence-corrected chi connectivity index (χ0v) is 14.0. The fourth-order valence-electron chi connectivity index (χ4n) is 4.82. The number of imidazole rings is 1. The molecule has 3 aromatic heterocycles. The molecule has 1 aliphatic heterocycles. The Balaban J connectivity index is 1.45. The lowest BCUT2D eigenvalue weighted by Gasteiger charge is -2.38. The molecule has 3 atom stereocenters. The maximum absolute atomic E-state index is 5.92. The predicted octanol–water partition coefficient (Wildman–Crippen LogP) is 1.98. The first-order valence-corrected chi connectivity index (χ1v) is 8.96. The van der Waals surface area contributed by atoms with Crippen LogP contribution < -0.4 is 5.73 Å². The van der Waals surface area contributed by atoms with E-state index in [1.54, 1.807) is 0 Å². The molecule has 5 rings (SSSR count). The minimum Gasteiger partial charge on any atom is -0.345 e. The van der Waals surface area contributed by atoms with Crippen molar-refractivity contribution in [2.24, 2.45) is 17.6 Å². The van der Waals surface area contributed by atoms with Gasteiger partial charge in [-0.1, -0.05) is 6.92 Å². The average Bonchev–Trinajstić information content (AvgIpc) is 3.22. The van der Waals surface area contributed by atoms with Crippen LogP contribution >= 0.6 is 0 Å². The summed E-state index contributed by atoms with van der Waals surface area (Å²) in [6.07, 6.45) is 8.42. The Kier molecular flexibility index (Phi) is 3.18. The summed E-state index contributed by atoms with van der Waals surface area (Å²) in [5.74, 6) is 2.03. The fourth-order valence-corrected chi connectivity index (χ4v) is 4.82. The first-order valence-electron chi connectivity index (χ1n) is 8.96. The van der Waals surface area contributed by atoms with Gasteiger partial charge in [0, 0.05) is 49.7 Å². The number of nitrogens with two attached hydrogens (primary N) is 1.